The van der Waals surface area contributed by atoms with Gasteiger partial charge in [0.2, 0.25) is 0 Å². The fraction of sp³-hybridized carbons (Fsp3) is 0.524. The molecule has 0 aliphatic carbocycles. The summed E-state index contributed by atoms with van der Waals surface area (Å²) in [5.41, 5.74) is 1.78. The van der Waals surface area contributed by atoms with Crippen LogP contribution in [0.5, 0.6) is 5.75 Å². The molecule has 0 aliphatic rings. The summed E-state index contributed by atoms with van der Waals surface area (Å²) >= 11 is 0. The molecule has 126 valence electrons. The van der Waals surface area contributed by atoms with Gasteiger partial charge in [0.1, 0.15) is 11.9 Å². The summed E-state index contributed by atoms with van der Waals surface area (Å²) in [5, 5.41) is 10.4. The minimum absolute atomic E-state index is 0.662. The quantitative estimate of drug-likeness (QED) is 0.365. The van der Waals surface area contributed by atoms with Crippen LogP contribution in [0.3, 0.4) is 0 Å². The Balaban J connectivity index is 2.56. The van der Waals surface area contributed by atoms with Crippen LogP contribution in [0.25, 0.3) is 0 Å². The van der Waals surface area contributed by atoms with Gasteiger partial charge >= 0.3 is 0 Å². The Kier molecular flexibility index (Phi) is 9.91. The smallest absolute Gasteiger partial charge is 0.140 e. The van der Waals surface area contributed by atoms with Gasteiger partial charge in [0.05, 0.1) is 7.11 Å². The third kappa shape index (κ3) is 6.93. The monoisotopic (exact) mass is 314 g/mol. The molecule has 2 nitrogen and oxygen atoms in total. The van der Waals surface area contributed by atoms with E-state index in [-0.39, 0.29) is 0 Å². The molecule has 0 saturated carbocycles. The van der Waals surface area contributed by atoms with Crippen LogP contribution >= 0.6 is 0 Å². The number of methoxy groups -OCH3 is 1. The maximum Gasteiger partial charge on any atom is 0.140 e. The summed E-state index contributed by atoms with van der Waals surface area (Å²) in [6, 6.07) is 5.70. The van der Waals surface area contributed by atoms with E-state index in [0.29, 0.717) is 6.42 Å². The zero-order valence-corrected chi connectivity index (χ0v) is 14.6. The highest BCUT2D eigenvalue weighted by Crippen LogP contribution is 2.27. The molecule has 1 aromatic carbocycles. The van der Waals surface area contributed by atoms with Crippen molar-refractivity contribution in [2.75, 3.05) is 7.11 Å². The highest BCUT2D eigenvalue weighted by molar-refractivity contribution is 5.44. The van der Waals surface area contributed by atoms with E-state index in [4.69, 9.17) is 4.74 Å². The van der Waals surface area contributed by atoms with Crippen molar-refractivity contribution >= 4 is 0 Å². The van der Waals surface area contributed by atoms with Crippen LogP contribution in [-0.2, 0) is 6.42 Å². The molecule has 1 aromatic rings. The fourth-order valence-corrected chi connectivity index (χ4v) is 2.63. The molecule has 1 rings (SSSR count). The number of ether oxygens (including phenoxy) is 1. The van der Waals surface area contributed by atoms with Crippen molar-refractivity contribution in [2.45, 2.75) is 64.4 Å². The van der Waals surface area contributed by atoms with Crippen LogP contribution in [0, 0.1) is 11.8 Å². The van der Waals surface area contributed by atoms with E-state index in [2.05, 4.69) is 25.3 Å². The Morgan fingerprint density at radius 2 is 1.96 bits per heavy atom. The molecule has 0 amide bonds. The molecule has 2 heteroatoms. The van der Waals surface area contributed by atoms with E-state index >= 15 is 0 Å². The van der Waals surface area contributed by atoms with Gasteiger partial charge in [0.25, 0.3) is 0 Å². The highest BCUT2D eigenvalue weighted by atomic mass is 16.5. The van der Waals surface area contributed by atoms with Gasteiger partial charge in [-0.3, -0.25) is 0 Å². The van der Waals surface area contributed by atoms with Gasteiger partial charge in [-0.05, 0) is 24.5 Å². The van der Waals surface area contributed by atoms with Crippen LogP contribution < -0.4 is 4.74 Å². The Hall–Kier alpha value is -1.72. The van der Waals surface area contributed by atoms with Gasteiger partial charge < -0.3 is 9.84 Å². The average Bonchev–Trinajstić information content (AvgIpc) is 2.57. The number of rotatable bonds is 10. The molecule has 1 atom stereocenters. The van der Waals surface area contributed by atoms with Gasteiger partial charge in [-0.15, -0.1) is 12.5 Å². The molecule has 23 heavy (non-hydrogen) atoms. The van der Waals surface area contributed by atoms with Crippen molar-refractivity contribution < 1.29 is 9.84 Å². The number of hydrogen-bond acceptors (Lipinski definition) is 2. The highest BCUT2D eigenvalue weighted by Gasteiger charge is 2.13. The number of unbranched alkanes of at least 4 members (excludes halogenated alkanes) is 6. The third-order valence-corrected chi connectivity index (χ3v) is 3.93. The van der Waals surface area contributed by atoms with Gasteiger partial charge in [0, 0.05) is 12.0 Å². The van der Waals surface area contributed by atoms with E-state index in [1.54, 1.807) is 7.11 Å². The second-order valence-corrected chi connectivity index (χ2v) is 5.76. The van der Waals surface area contributed by atoms with Crippen molar-refractivity contribution in [3.63, 3.8) is 0 Å². The zero-order valence-electron chi connectivity index (χ0n) is 14.6. The molecule has 0 unspecified atom stereocenters. The first kappa shape index (κ1) is 19.3. The first-order valence-electron chi connectivity index (χ1n) is 8.67. The Morgan fingerprint density at radius 1 is 1.22 bits per heavy atom. The van der Waals surface area contributed by atoms with Gasteiger partial charge in [0.15, 0.2) is 0 Å². The Bertz CT molecular complexity index is 522. The summed E-state index contributed by atoms with van der Waals surface area (Å²) in [7, 11) is 1.64. The minimum Gasteiger partial charge on any atom is -0.496 e. The van der Waals surface area contributed by atoms with E-state index < -0.39 is 6.10 Å². The van der Waals surface area contributed by atoms with Gasteiger partial charge in [-0.25, -0.2) is 0 Å². The van der Waals surface area contributed by atoms with Crippen LogP contribution in [0.4, 0.5) is 0 Å². The standard InChI is InChI=1S/C21H30O2/c1-4-6-7-8-9-10-11-12-16-20(22)18-15-13-17-21(23-3)19(18)14-5-2/h5,13,15,17,20,22H,2,4,6-11,14H2,1,3H3/t20-/m0/s1. The molecular formula is C21H30O2. The molecule has 0 radical (unpaired) electrons. The molecule has 0 aromatic heterocycles. The zero-order chi connectivity index (χ0) is 16.9. The predicted octanol–water partition coefficient (Wildman–Crippen LogP) is 5.21. The second kappa shape index (κ2) is 11.8. The molecular weight excluding hydrogens is 284 g/mol. The lowest BCUT2D eigenvalue weighted by Gasteiger charge is -2.14. The van der Waals surface area contributed by atoms with Crippen molar-refractivity contribution in [1.29, 1.82) is 0 Å². The molecule has 0 bridgehead atoms. The minimum atomic E-state index is -0.764. The Labute approximate surface area is 141 Å². The van der Waals surface area contributed by atoms with Crippen molar-refractivity contribution in [2.24, 2.45) is 0 Å². The van der Waals surface area contributed by atoms with Crippen molar-refractivity contribution in [1.82, 2.24) is 0 Å². The Morgan fingerprint density at radius 3 is 2.65 bits per heavy atom. The molecule has 0 aliphatic heterocycles. The van der Waals surface area contributed by atoms with Crippen molar-refractivity contribution in [3.05, 3.63) is 42.0 Å². The second-order valence-electron chi connectivity index (χ2n) is 5.76. The first-order chi connectivity index (χ1) is 11.2. The molecule has 0 fully saturated rings. The number of aliphatic hydroxyl groups is 1. The van der Waals surface area contributed by atoms with E-state index in [1.165, 1.54) is 32.1 Å². The molecule has 0 spiro atoms. The first-order valence-corrected chi connectivity index (χ1v) is 8.67. The lowest BCUT2D eigenvalue weighted by molar-refractivity contribution is 0.236. The maximum absolute atomic E-state index is 10.4. The van der Waals surface area contributed by atoms with E-state index in [9.17, 15) is 5.11 Å². The SMILES string of the molecule is C=CCc1c(OC)cccc1[C@@H](O)C#CCCCCCCCC. The number of benzene rings is 1. The van der Waals surface area contributed by atoms with E-state index in [1.807, 2.05) is 24.3 Å². The van der Waals surface area contributed by atoms with Crippen LogP contribution in [-0.4, -0.2) is 12.2 Å². The average molecular weight is 314 g/mol. The number of hydrogen-bond donors (Lipinski definition) is 1. The largest absolute Gasteiger partial charge is 0.496 e. The third-order valence-electron chi connectivity index (χ3n) is 3.93. The predicted molar refractivity (Wildman–Crippen MR) is 97.6 cm³/mol. The summed E-state index contributed by atoms with van der Waals surface area (Å²) < 4.78 is 5.37. The van der Waals surface area contributed by atoms with Gasteiger partial charge in [-0.1, -0.05) is 63.2 Å². The summed E-state index contributed by atoms with van der Waals surface area (Å²) in [5.74, 6) is 6.86. The number of aliphatic hydroxyl groups excluding tert-OH is 1. The lowest BCUT2D eigenvalue weighted by Crippen LogP contribution is -2.02. The molecule has 1 N–H and O–H groups in total. The maximum atomic E-state index is 10.4. The molecule has 0 heterocycles. The topological polar surface area (TPSA) is 29.5 Å². The summed E-state index contributed by atoms with van der Waals surface area (Å²) in [6.45, 7) is 6.00. The van der Waals surface area contributed by atoms with E-state index in [0.717, 1.165) is 29.7 Å². The normalized spacial score (nSPS) is 11.4. The summed E-state index contributed by atoms with van der Waals surface area (Å²) in [4.78, 5) is 0. The lowest BCUT2D eigenvalue weighted by atomic mass is 9.98. The van der Waals surface area contributed by atoms with Gasteiger partial charge in [-0.2, -0.15) is 0 Å². The fourth-order valence-electron chi connectivity index (χ4n) is 2.63. The van der Waals surface area contributed by atoms with Crippen LogP contribution in [0.1, 0.15) is 69.1 Å². The molecule has 0 saturated heterocycles. The van der Waals surface area contributed by atoms with Crippen molar-refractivity contribution in [3.8, 4) is 17.6 Å². The summed E-state index contributed by atoms with van der Waals surface area (Å²) in [6.07, 6.45) is 10.1. The van der Waals surface area contributed by atoms with Crippen LogP contribution in [0.15, 0.2) is 30.9 Å². The van der Waals surface area contributed by atoms with Crippen LogP contribution in [0.2, 0.25) is 0 Å². The number of allylic oxidation sites excluding steroid dienone is 1.